The number of hydrogen-bond donors (Lipinski definition) is 1. The molecule has 0 aliphatic rings. The Labute approximate surface area is 111 Å². The predicted octanol–water partition coefficient (Wildman–Crippen LogP) is 3.82. The Morgan fingerprint density at radius 1 is 1.11 bits per heavy atom. The molecule has 1 N–H and O–H groups in total. The van der Waals surface area contributed by atoms with Crippen molar-refractivity contribution in [3.8, 4) is 0 Å². The highest BCUT2D eigenvalue weighted by atomic mass is 32.2. The number of aliphatic hydroxyl groups is 1. The van der Waals surface area contributed by atoms with Gasteiger partial charge in [-0.05, 0) is 35.6 Å². The predicted molar refractivity (Wildman–Crippen MR) is 73.3 cm³/mol. The highest BCUT2D eigenvalue weighted by Gasteiger charge is 2.12. The average Bonchev–Trinajstić information content (AvgIpc) is 2.41. The summed E-state index contributed by atoms with van der Waals surface area (Å²) in [7, 11) is 0. The van der Waals surface area contributed by atoms with Crippen LogP contribution in [0.2, 0.25) is 0 Å². The molecular formula is C15H15FOS. The van der Waals surface area contributed by atoms with Crippen molar-refractivity contribution >= 4 is 11.8 Å². The highest BCUT2D eigenvalue weighted by molar-refractivity contribution is 7.98. The average molecular weight is 262 g/mol. The van der Waals surface area contributed by atoms with Gasteiger partial charge in [0.2, 0.25) is 0 Å². The zero-order valence-corrected chi connectivity index (χ0v) is 11.0. The summed E-state index contributed by atoms with van der Waals surface area (Å²) < 4.78 is 12.8. The number of rotatable bonds is 4. The number of thioether (sulfide) groups is 1. The zero-order chi connectivity index (χ0) is 13.0. The summed E-state index contributed by atoms with van der Waals surface area (Å²) >= 11 is 1.62. The first kappa shape index (κ1) is 13.1. The van der Waals surface area contributed by atoms with Crippen molar-refractivity contribution in [2.45, 2.75) is 17.4 Å². The Kier molecular flexibility index (Phi) is 4.39. The van der Waals surface area contributed by atoms with Crippen LogP contribution in [0.25, 0.3) is 0 Å². The molecule has 3 heteroatoms. The summed E-state index contributed by atoms with van der Waals surface area (Å²) in [5, 5.41) is 10.2. The fourth-order valence-corrected chi connectivity index (χ4v) is 2.55. The topological polar surface area (TPSA) is 20.2 Å². The molecule has 0 aliphatic carbocycles. The summed E-state index contributed by atoms with van der Waals surface area (Å²) in [5.74, 6) is -0.252. The van der Waals surface area contributed by atoms with Crippen LogP contribution in [0.4, 0.5) is 4.39 Å². The number of benzene rings is 2. The van der Waals surface area contributed by atoms with Gasteiger partial charge in [0.05, 0.1) is 6.10 Å². The lowest BCUT2D eigenvalue weighted by Crippen LogP contribution is -2.03. The van der Waals surface area contributed by atoms with Crippen molar-refractivity contribution in [2.75, 3.05) is 6.26 Å². The summed E-state index contributed by atoms with van der Waals surface area (Å²) in [6.45, 7) is 0. The third-order valence-corrected chi connectivity index (χ3v) is 3.65. The van der Waals surface area contributed by atoms with E-state index >= 15 is 0 Å². The van der Waals surface area contributed by atoms with E-state index in [4.69, 9.17) is 0 Å². The molecule has 2 rings (SSSR count). The van der Waals surface area contributed by atoms with E-state index in [2.05, 4.69) is 0 Å². The van der Waals surface area contributed by atoms with Crippen LogP contribution in [-0.4, -0.2) is 11.4 Å². The van der Waals surface area contributed by atoms with Crippen molar-refractivity contribution < 1.29 is 9.50 Å². The molecule has 1 atom stereocenters. The summed E-state index contributed by atoms with van der Waals surface area (Å²) in [6, 6.07) is 14.1. The third kappa shape index (κ3) is 3.12. The molecule has 0 amide bonds. The maximum atomic E-state index is 12.8. The Balaban J connectivity index is 2.16. The van der Waals surface area contributed by atoms with E-state index in [9.17, 15) is 9.50 Å². The van der Waals surface area contributed by atoms with E-state index in [1.54, 1.807) is 23.9 Å². The lowest BCUT2D eigenvalue weighted by molar-refractivity contribution is 0.175. The second-order valence-electron chi connectivity index (χ2n) is 4.09. The minimum Gasteiger partial charge on any atom is -0.388 e. The maximum Gasteiger partial charge on any atom is 0.123 e. The van der Waals surface area contributed by atoms with E-state index in [1.807, 2.05) is 30.5 Å². The first-order valence-corrected chi connectivity index (χ1v) is 6.98. The molecule has 0 radical (unpaired) electrons. The molecule has 0 fully saturated rings. The molecule has 94 valence electrons. The Hall–Kier alpha value is -1.32. The largest absolute Gasteiger partial charge is 0.388 e. The molecule has 0 aliphatic heterocycles. The van der Waals surface area contributed by atoms with E-state index < -0.39 is 6.10 Å². The van der Waals surface area contributed by atoms with E-state index in [0.717, 1.165) is 16.0 Å². The van der Waals surface area contributed by atoms with Gasteiger partial charge >= 0.3 is 0 Å². The Morgan fingerprint density at radius 3 is 2.44 bits per heavy atom. The molecule has 0 saturated heterocycles. The Morgan fingerprint density at radius 2 is 1.78 bits per heavy atom. The fourth-order valence-electron chi connectivity index (χ4n) is 1.90. The van der Waals surface area contributed by atoms with Gasteiger partial charge in [-0.3, -0.25) is 0 Å². The number of hydrogen-bond acceptors (Lipinski definition) is 2. The smallest absolute Gasteiger partial charge is 0.123 e. The van der Waals surface area contributed by atoms with Gasteiger partial charge < -0.3 is 5.11 Å². The molecule has 0 heterocycles. The summed E-state index contributed by atoms with van der Waals surface area (Å²) in [5.41, 5.74) is 1.86. The van der Waals surface area contributed by atoms with Crippen molar-refractivity contribution in [3.05, 3.63) is 65.5 Å². The zero-order valence-electron chi connectivity index (χ0n) is 10.1. The molecule has 2 aromatic rings. The van der Waals surface area contributed by atoms with Gasteiger partial charge in [0.15, 0.2) is 0 Å². The van der Waals surface area contributed by atoms with Crippen molar-refractivity contribution in [3.63, 3.8) is 0 Å². The van der Waals surface area contributed by atoms with Crippen LogP contribution in [-0.2, 0) is 6.42 Å². The molecule has 0 spiro atoms. The summed E-state index contributed by atoms with van der Waals surface area (Å²) in [6.07, 6.45) is 1.93. The lowest BCUT2D eigenvalue weighted by atomic mass is 10.0. The van der Waals surface area contributed by atoms with Crippen LogP contribution in [0.5, 0.6) is 0 Å². The first-order valence-electron chi connectivity index (χ1n) is 5.76. The number of aliphatic hydroxyl groups excluding tert-OH is 1. The standard InChI is InChI=1S/C15H15FOS/c1-18-15-5-3-2-4-13(15)14(17)10-11-6-8-12(16)9-7-11/h2-9,14,17H,10H2,1H3. The lowest BCUT2D eigenvalue weighted by Gasteiger charge is -2.14. The van der Waals surface area contributed by atoms with Gasteiger partial charge in [-0.1, -0.05) is 30.3 Å². The normalized spacial score (nSPS) is 12.4. The molecule has 2 aromatic carbocycles. The number of halogens is 1. The SMILES string of the molecule is CSc1ccccc1C(O)Cc1ccc(F)cc1. The maximum absolute atomic E-state index is 12.8. The van der Waals surface area contributed by atoms with Crippen molar-refractivity contribution in [2.24, 2.45) is 0 Å². The molecule has 0 saturated carbocycles. The van der Waals surface area contributed by atoms with Crippen LogP contribution < -0.4 is 0 Å². The van der Waals surface area contributed by atoms with Crippen LogP contribution in [0, 0.1) is 5.82 Å². The minimum absolute atomic E-state index is 0.252. The fraction of sp³-hybridized carbons (Fsp3) is 0.200. The van der Waals surface area contributed by atoms with Gasteiger partial charge in [0, 0.05) is 11.3 Å². The van der Waals surface area contributed by atoms with Crippen molar-refractivity contribution in [1.82, 2.24) is 0 Å². The van der Waals surface area contributed by atoms with Crippen LogP contribution in [0.1, 0.15) is 17.2 Å². The monoisotopic (exact) mass is 262 g/mol. The van der Waals surface area contributed by atoms with Gasteiger partial charge in [-0.15, -0.1) is 11.8 Å². The van der Waals surface area contributed by atoms with Crippen molar-refractivity contribution in [1.29, 1.82) is 0 Å². The third-order valence-electron chi connectivity index (χ3n) is 2.84. The minimum atomic E-state index is -0.556. The van der Waals surface area contributed by atoms with Crippen LogP contribution in [0.3, 0.4) is 0 Å². The van der Waals surface area contributed by atoms with Gasteiger partial charge in [0.1, 0.15) is 5.82 Å². The first-order chi connectivity index (χ1) is 8.70. The molecule has 0 bridgehead atoms. The summed E-state index contributed by atoms with van der Waals surface area (Å²) in [4.78, 5) is 1.08. The van der Waals surface area contributed by atoms with E-state index in [1.165, 1.54) is 12.1 Å². The second-order valence-corrected chi connectivity index (χ2v) is 4.94. The Bertz CT molecular complexity index is 510. The highest BCUT2D eigenvalue weighted by Crippen LogP contribution is 2.27. The van der Waals surface area contributed by atoms with Crippen LogP contribution >= 0.6 is 11.8 Å². The van der Waals surface area contributed by atoms with E-state index in [0.29, 0.717) is 6.42 Å². The molecular weight excluding hydrogens is 247 g/mol. The molecule has 1 nitrogen and oxygen atoms in total. The molecule has 0 aromatic heterocycles. The van der Waals surface area contributed by atoms with E-state index in [-0.39, 0.29) is 5.82 Å². The second kappa shape index (κ2) is 6.03. The van der Waals surface area contributed by atoms with Gasteiger partial charge in [-0.2, -0.15) is 0 Å². The molecule has 1 unspecified atom stereocenters. The van der Waals surface area contributed by atoms with Gasteiger partial charge in [-0.25, -0.2) is 4.39 Å². The quantitative estimate of drug-likeness (QED) is 0.845. The van der Waals surface area contributed by atoms with Gasteiger partial charge in [0.25, 0.3) is 0 Å². The molecule has 18 heavy (non-hydrogen) atoms. The van der Waals surface area contributed by atoms with Crippen LogP contribution in [0.15, 0.2) is 53.4 Å².